The molecule has 2 rings (SSSR count). The standard InChI is InChI=1S/C20H26N2O4/c1-3-25-20(23)17(15-21)13-16-7-8-18(19(14-16)24-2)26-12-11-22-9-5-4-6-10-22/h7-8,13-14H,3-6,9-12H2,1-2H3/b17-13-. The first-order valence-electron chi connectivity index (χ1n) is 9.00. The van der Waals surface area contributed by atoms with E-state index in [9.17, 15) is 4.79 Å². The summed E-state index contributed by atoms with van der Waals surface area (Å²) < 4.78 is 16.1. The number of ether oxygens (including phenoxy) is 3. The van der Waals surface area contributed by atoms with Gasteiger partial charge in [-0.05, 0) is 56.6 Å². The van der Waals surface area contributed by atoms with Crippen LogP contribution in [0.5, 0.6) is 11.5 Å². The van der Waals surface area contributed by atoms with Gasteiger partial charge < -0.3 is 14.2 Å². The number of piperidine rings is 1. The summed E-state index contributed by atoms with van der Waals surface area (Å²) in [5.41, 5.74) is 0.627. The number of benzene rings is 1. The molecule has 1 fully saturated rings. The molecule has 0 unspecified atom stereocenters. The maximum Gasteiger partial charge on any atom is 0.348 e. The highest BCUT2D eigenvalue weighted by Gasteiger charge is 2.13. The molecule has 140 valence electrons. The van der Waals surface area contributed by atoms with Gasteiger partial charge in [0.1, 0.15) is 18.2 Å². The van der Waals surface area contributed by atoms with Crippen molar-refractivity contribution in [3.05, 3.63) is 29.3 Å². The number of esters is 1. The first-order valence-corrected chi connectivity index (χ1v) is 9.00. The van der Waals surface area contributed by atoms with E-state index in [1.54, 1.807) is 32.2 Å². The predicted octanol–water partition coefficient (Wildman–Crippen LogP) is 3.03. The summed E-state index contributed by atoms with van der Waals surface area (Å²) in [6.07, 6.45) is 5.31. The van der Waals surface area contributed by atoms with Crippen LogP contribution in [0.2, 0.25) is 0 Å². The lowest BCUT2D eigenvalue weighted by Gasteiger charge is -2.26. The molecule has 0 saturated carbocycles. The molecule has 6 nitrogen and oxygen atoms in total. The van der Waals surface area contributed by atoms with E-state index in [1.807, 2.05) is 6.07 Å². The van der Waals surface area contributed by atoms with Gasteiger partial charge in [0.05, 0.1) is 13.7 Å². The molecule has 0 N–H and O–H groups in total. The minimum absolute atomic E-state index is 0.0485. The third-order valence-electron chi connectivity index (χ3n) is 4.23. The van der Waals surface area contributed by atoms with Crippen molar-refractivity contribution in [3.63, 3.8) is 0 Å². The molecule has 0 atom stereocenters. The van der Waals surface area contributed by atoms with Crippen LogP contribution in [0, 0.1) is 11.3 Å². The van der Waals surface area contributed by atoms with Gasteiger partial charge in [-0.3, -0.25) is 4.90 Å². The molecule has 0 aromatic heterocycles. The van der Waals surface area contributed by atoms with Gasteiger partial charge in [-0.15, -0.1) is 0 Å². The third-order valence-corrected chi connectivity index (χ3v) is 4.23. The van der Waals surface area contributed by atoms with E-state index in [2.05, 4.69) is 4.90 Å². The van der Waals surface area contributed by atoms with Crippen LogP contribution in [0.3, 0.4) is 0 Å². The summed E-state index contributed by atoms with van der Waals surface area (Å²) in [6, 6.07) is 7.19. The number of methoxy groups -OCH3 is 1. The number of nitrogens with zero attached hydrogens (tertiary/aromatic N) is 2. The van der Waals surface area contributed by atoms with Gasteiger partial charge in [-0.2, -0.15) is 5.26 Å². The van der Waals surface area contributed by atoms with Gasteiger partial charge in [0.25, 0.3) is 0 Å². The molecule has 1 heterocycles. The predicted molar refractivity (Wildman–Crippen MR) is 99.0 cm³/mol. The molecule has 1 aliphatic heterocycles. The highest BCUT2D eigenvalue weighted by molar-refractivity contribution is 5.97. The van der Waals surface area contributed by atoms with Crippen LogP contribution in [-0.4, -0.2) is 50.8 Å². The Kier molecular flexibility index (Phi) is 7.97. The number of hydrogen-bond acceptors (Lipinski definition) is 6. The van der Waals surface area contributed by atoms with E-state index >= 15 is 0 Å². The molecule has 6 heteroatoms. The number of rotatable bonds is 8. The largest absolute Gasteiger partial charge is 0.493 e. The van der Waals surface area contributed by atoms with Crippen LogP contribution in [0.1, 0.15) is 31.7 Å². The van der Waals surface area contributed by atoms with Crippen LogP contribution in [0.4, 0.5) is 0 Å². The smallest absolute Gasteiger partial charge is 0.348 e. The zero-order valence-corrected chi connectivity index (χ0v) is 15.5. The highest BCUT2D eigenvalue weighted by Crippen LogP contribution is 2.29. The molecule has 1 aromatic rings. The van der Waals surface area contributed by atoms with Gasteiger partial charge in [0.15, 0.2) is 11.5 Å². The fourth-order valence-electron chi connectivity index (χ4n) is 2.87. The minimum Gasteiger partial charge on any atom is -0.493 e. The monoisotopic (exact) mass is 358 g/mol. The fourth-order valence-corrected chi connectivity index (χ4v) is 2.87. The number of carbonyl (C=O) groups excluding carboxylic acids is 1. The molecule has 0 amide bonds. The van der Waals surface area contributed by atoms with Crippen LogP contribution in [0.15, 0.2) is 23.8 Å². The Balaban J connectivity index is 2.01. The topological polar surface area (TPSA) is 71.8 Å². The second-order valence-electron chi connectivity index (χ2n) is 6.05. The van der Waals surface area contributed by atoms with Gasteiger partial charge >= 0.3 is 5.97 Å². The fraction of sp³-hybridized carbons (Fsp3) is 0.500. The molecule has 0 bridgehead atoms. The quantitative estimate of drug-likeness (QED) is 0.404. The van der Waals surface area contributed by atoms with Crippen LogP contribution in [-0.2, 0) is 9.53 Å². The molecule has 26 heavy (non-hydrogen) atoms. The zero-order chi connectivity index (χ0) is 18.8. The molecule has 1 aliphatic rings. The highest BCUT2D eigenvalue weighted by atomic mass is 16.5. The average molecular weight is 358 g/mol. The Hall–Kier alpha value is -2.52. The molecule has 0 aliphatic carbocycles. The normalized spacial score (nSPS) is 15.2. The number of nitriles is 1. The van der Waals surface area contributed by atoms with Crippen molar-refractivity contribution in [3.8, 4) is 17.6 Å². The zero-order valence-electron chi connectivity index (χ0n) is 15.5. The van der Waals surface area contributed by atoms with Crippen molar-refractivity contribution >= 4 is 12.0 Å². The minimum atomic E-state index is -0.629. The van der Waals surface area contributed by atoms with Crippen LogP contribution < -0.4 is 9.47 Å². The Labute approximate surface area is 154 Å². The van der Waals surface area contributed by atoms with E-state index < -0.39 is 5.97 Å². The third kappa shape index (κ3) is 5.78. The van der Waals surface area contributed by atoms with Crippen LogP contribution >= 0.6 is 0 Å². The first kappa shape index (κ1) is 19.8. The van der Waals surface area contributed by atoms with Gasteiger partial charge in [0.2, 0.25) is 0 Å². The van der Waals surface area contributed by atoms with Crippen LogP contribution in [0.25, 0.3) is 6.08 Å². The Morgan fingerprint density at radius 3 is 2.69 bits per heavy atom. The summed E-state index contributed by atoms with van der Waals surface area (Å²) >= 11 is 0. The summed E-state index contributed by atoms with van der Waals surface area (Å²) in [7, 11) is 1.57. The molecule has 1 saturated heterocycles. The van der Waals surface area contributed by atoms with Crippen molar-refractivity contribution in [1.82, 2.24) is 4.90 Å². The summed E-state index contributed by atoms with van der Waals surface area (Å²) in [6.45, 7) is 5.69. The Morgan fingerprint density at radius 1 is 1.27 bits per heavy atom. The van der Waals surface area contributed by atoms with E-state index in [-0.39, 0.29) is 12.2 Å². The molecular weight excluding hydrogens is 332 g/mol. The molecule has 0 radical (unpaired) electrons. The number of likely N-dealkylation sites (tertiary alicyclic amines) is 1. The number of hydrogen-bond donors (Lipinski definition) is 0. The Bertz CT molecular complexity index is 673. The van der Waals surface area contributed by atoms with Crippen molar-refractivity contribution in [2.75, 3.05) is 40.0 Å². The summed E-state index contributed by atoms with van der Waals surface area (Å²) in [4.78, 5) is 14.1. The lowest BCUT2D eigenvalue weighted by atomic mass is 10.1. The van der Waals surface area contributed by atoms with Gasteiger partial charge in [-0.1, -0.05) is 12.5 Å². The maximum atomic E-state index is 11.7. The second kappa shape index (κ2) is 10.5. The van der Waals surface area contributed by atoms with E-state index in [0.717, 1.165) is 19.6 Å². The SMILES string of the molecule is CCOC(=O)/C(C#N)=C\c1ccc(OCCN2CCCCC2)c(OC)c1. The van der Waals surface area contributed by atoms with E-state index in [0.29, 0.717) is 23.7 Å². The van der Waals surface area contributed by atoms with Crippen molar-refractivity contribution in [1.29, 1.82) is 5.26 Å². The van der Waals surface area contributed by atoms with Crippen molar-refractivity contribution in [2.45, 2.75) is 26.2 Å². The Morgan fingerprint density at radius 2 is 2.04 bits per heavy atom. The van der Waals surface area contributed by atoms with E-state index in [4.69, 9.17) is 19.5 Å². The lowest BCUT2D eigenvalue weighted by Crippen LogP contribution is -2.33. The average Bonchev–Trinajstić information content (AvgIpc) is 2.67. The van der Waals surface area contributed by atoms with E-state index in [1.165, 1.54) is 25.3 Å². The van der Waals surface area contributed by atoms with Gasteiger partial charge in [0, 0.05) is 6.54 Å². The van der Waals surface area contributed by atoms with Gasteiger partial charge in [-0.25, -0.2) is 4.79 Å². The summed E-state index contributed by atoms with van der Waals surface area (Å²) in [5, 5.41) is 9.13. The molecular formula is C20H26N2O4. The first-order chi connectivity index (χ1) is 12.7. The molecule has 1 aromatic carbocycles. The van der Waals surface area contributed by atoms with Crippen molar-refractivity contribution < 1.29 is 19.0 Å². The second-order valence-corrected chi connectivity index (χ2v) is 6.05. The summed E-state index contributed by atoms with van der Waals surface area (Å²) in [5.74, 6) is 0.589. The number of carbonyl (C=O) groups is 1. The van der Waals surface area contributed by atoms with Crippen molar-refractivity contribution in [2.24, 2.45) is 0 Å². The molecule has 0 spiro atoms. The lowest BCUT2D eigenvalue weighted by molar-refractivity contribution is -0.137. The maximum absolute atomic E-state index is 11.7.